The maximum atomic E-state index is 11.7. The predicted octanol–water partition coefficient (Wildman–Crippen LogP) is 2.52. The van der Waals surface area contributed by atoms with Crippen molar-refractivity contribution in [1.82, 2.24) is 20.2 Å². The molecule has 0 spiro atoms. The van der Waals surface area contributed by atoms with Crippen LogP contribution < -0.4 is 0 Å². The molecule has 6 nitrogen and oxygen atoms in total. The SMILES string of the molecule is Cc1cccc(-c2nnnn2C(Cc2ccccc2)C(=O)O)c1. The van der Waals surface area contributed by atoms with Crippen LogP contribution in [-0.2, 0) is 11.2 Å². The number of aliphatic carboxylic acids is 1. The van der Waals surface area contributed by atoms with Gasteiger partial charge in [0.2, 0.25) is 0 Å². The van der Waals surface area contributed by atoms with Crippen LogP contribution in [-0.4, -0.2) is 31.3 Å². The van der Waals surface area contributed by atoms with Crippen LogP contribution in [0.4, 0.5) is 0 Å². The van der Waals surface area contributed by atoms with Gasteiger partial charge in [0.05, 0.1) is 0 Å². The van der Waals surface area contributed by atoms with E-state index in [0.29, 0.717) is 12.2 Å². The van der Waals surface area contributed by atoms with E-state index in [4.69, 9.17) is 0 Å². The Morgan fingerprint density at radius 2 is 1.96 bits per heavy atom. The van der Waals surface area contributed by atoms with Gasteiger partial charge in [0.1, 0.15) is 0 Å². The molecular formula is C17H16N4O2. The van der Waals surface area contributed by atoms with Crippen molar-refractivity contribution in [2.24, 2.45) is 0 Å². The second-order valence-electron chi connectivity index (χ2n) is 5.36. The van der Waals surface area contributed by atoms with E-state index in [2.05, 4.69) is 15.5 Å². The number of carboxylic acid groups (broad SMARTS) is 1. The van der Waals surface area contributed by atoms with Gasteiger partial charge < -0.3 is 5.11 Å². The molecule has 3 rings (SSSR count). The minimum absolute atomic E-state index is 0.319. The predicted molar refractivity (Wildman–Crippen MR) is 84.8 cm³/mol. The molecule has 1 heterocycles. The van der Waals surface area contributed by atoms with E-state index in [0.717, 1.165) is 16.7 Å². The van der Waals surface area contributed by atoms with Crippen molar-refractivity contribution in [3.63, 3.8) is 0 Å². The summed E-state index contributed by atoms with van der Waals surface area (Å²) in [6.07, 6.45) is 0.319. The highest BCUT2D eigenvalue weighted by Gasteiger charge is 2.25. The van der Waals surface area contributed by atoms with E-state index in [1.807, 2.05) is 61.5 Å². The second-order valence-corrected chi connectivity index (χ2v) is 5.36. The molecule has 0 fully saturated rings. The minimum atomic E-state index is -0.963. The van der Waals surface area contributed by atoms with Crippen LogP contribution in [0.25, 0.3) is 11.4 Å². The third-order valence-electron chi connectivity index (χ3n) is 3.62. The number of rotatable bonds is 5. The van der Waals surface area contributed by atoms with Gasteiger partial charge in [0.15, 0.2) is 11.9 Å². The first-order valence-corrected chi connectivity index (χ1v) is 7.27. The van der Waals surface area contributed by atoms with Crippen LogP contribution in [0.2, 0.25) is 0 Å². The Kier molecular flexibility index (Phi) is 4.14. The Balaban J connectivity index is 1.99. The largest absolute Gasteiger partial charge is 0.480 e. The fourth-order valence-corrected chi connectivity index (χ4v) is 2.49. The van der Waals surface area contributed by atoms with E-state index in [1.165, 1.54) is 4.68 Å². The number of hydrogen-bond acceptors (Lipinski definition) is 4. The highest BCUT2D eigenvalue weighted by Crippen LogP contribution is 2.22. The first-order valence-electron chi connectivity index (χ1n) is 7.27. The van der Waals surface area contributed by atoms with Gasteiger partial charge in [0.25, 0.3) is 0 Å². The van der Waals surface area contributed by atoms with Gasteiger partial charge in [-0.15, -0.1) is 5.10 Å². The molecule has 2 aromatic carbocycles. The van der Waals surface area contributed by atoms with Crippen molar-refractivity contribution in [3.05, 3.63) is 65.7 Å². The lowest BCUT2D eigenvalue weighted by molar-refractivity contribution is -0.141. The summed E-state index contributed by atoms with van der Waals surface area (Å²) >= 11 is 0. The zero-order chi connectivity index (χ0) is 16.2. The Bertz CT molecular complexity index is 814. The number of benzene rings is 2. The summed E-state index contributed by atoms with van der Waals surface area (Å²) in [4.78, 5) is 11.7. The normalized spacial score (nSPS) is 12.0. The van der Waals surface area contributed by atoms with Crippen LogP contribution in [0.15, 0.2) is 54.6 Å². The van der Waals surface area contributed by atoms with Crippen LogP contribution in [0.5, 0.6) is 0 Å². The van der Waals surface area contributed by atoms with E-state index in [1.54, 1.807) is 0 Å². The van der Waals surface area contributed by atoms with E-state index >= 15 is 0 Å². The van der Waals surface area contributed by atoms with Gasteiger partial charge in [-0.25, -0.2) is 9.48 Å². The fraction of sp³-hybridized carbons (Fsp3) is 0.176. The Morgan fingerprint density at radius 3 is 2.65 bits per heavy atom. The van der Waals surface area contributed by atoms with Crippen molar-refractivity contribution in [2.45, 2.75) is 19.4 Å². The summed E-state index contributed by atoms with van der Waals surface area (Å²) in [5.74, 6) is -0.507. The molecule has 0 saturated heterocycles. The average molecular weight is 308 g/mol. The zero-order valence-corrected chi connectivity index (χ0v) is 12.6. The Morgan fingerprint density at radius 1 is 1.17 bits per heavy atom. The summed E-state index contributed by atoms with van der Waals surface area (Å²) in [5.41, 5.74) is 2.78. The highest BCUT2D eigenvalue weighted by atomic mass is 16.4. The van der Waals surface area contributed by atoms with Crippen LogP contribution >= 0.6 is 0 Å². The van der Waals surface area contributed by atoms with Crippen LogP contribution in [0, 0.1) is 6.92 Å². The molecule has 23 heavy (non-hydrogen) atoms. The summed E-state index contributed by atoms with van der Waals surface area (Å²) in [5, 5.41) is 21.2. The van der Waals surface area contributed by atoms with Crippen molar-refractivity contribution >= 4 is 5.97 Å². The topological polar surface area (TPSA) is 80.9 Å². The quantitative estimate of drug-likeness (QED) is 0.783. The minimum Gasteiger partial charge on any atom is -0.480 e. The summed E-state index contributed by atoms with van der Waals surface area (Å²) in [6.45, 7) is 1.97. The van der Waals surface area contributed by atoms with Gasteiger partial charge in [-0.3, -0.25) is 0 Å². The lowest BCUT2D eigenvalue weighted by Crippen LogP contribution is -2.23. The van der Waals surface area contributed by atoms with Crippen molar-refractivity contribution in [1.29, 1.82) is 0 Å². The molecule has 0 saturated carbocycles. The standard InChI is InChI=1S/C17H16N4O2/c1-12-6-5-9-14(10-12)16-18-19-20-21(16)15(17(22)23)11-13-7-3-2-4-8-13/h2-10,15H,11H2,1H3,(H,22,23). The van der Waals surface area contributed by atoms with Crippen molar-refractivity contribution < 1.29 is 9.90 Å². The number of hydrogen-bond donors (Lipinski definition) is 1. The number of carboxylic acids is 1. The van der Waals surface area contributed by atoms with Crippen molar-refractivity contribution in [2.75, 3.05) is 0 Å². The molecular weight excluding hydrogens is 292 g/mol. The van der Waals surface area contributed by atoms with Gasteiger partial charge >= 0.3 is 5.97 Å². The molecule has 0 radical (unpaired) electrons. The third-order valence-corrected chi connectivity index (χ3v) is 3.62. The van der Waals surface area contributed by atoms with Crippen molar-refractivity contribution in [3.8, 4) is 11.4 Å². The number of nitrogens with zero attached hydrogens (tertiary/aromatic N) is 4. The smallest absolute Gasteiger partial charge is 0.329 e. The summed E-state index contributed by atoms with van der Waals surface area (Å²) in [7, 11) is 0. The van der Waals surface area contributed by atoms with E-state index < -0.39 is 12.0 Å². The number of aromatic nitrogens is 4. The molecule has 1 aromatic heterocycles. The van der Waals surface area contributed by atoms with Gasteiger partial charge in [0, 0.05) is 12.0 Å². The molecule has 1 atom stereocenters. The summed E-state index contributed by atoms with van der Waals surface area (Å²) in [6, 6.07) is 16.3. The number of aryl methyl sites for hydroxylation is 1. The average Bonchev–Trinajstić information content (AvgIpc) is 3.02. The highest BCUT2D eigenvalue weighted by molar-refractivity contribution is 5.73. The first kappa shape index (κ1) is 14.9. The molecule has 1 N–H and O–H groups in total. The molecule has 1 unspecified atom stereocenters. The number of carbonyl (C=O) groups is 1. The molecule has 6 heteroatoms. The molecule has 0 amide bonds. The fourth-order valence-electron chi connectivity index (χ4n) is 2.49. The molecule has 0 aliphatic heterocycles. The zero-order valence-electron chi connectivity index (χ0n) is 12.6. The molecule has 0 aliphatic rings. The van der Waals surface area contributed by atoms with E-state index in [9.17, 15) is 9.90 Å². The van der Waals surface area contributed by atoms with Crippen LogP contribution in [0.1, 0.15) is 17.2 Å². The van der Waals surface area contributed by atoms with Gasteiger partial charge in [-0.05, 0) is 29.0 Å². The molecule has 0 bridgehead atoms. The monoisotopic (exact) mass is 308 g/mol. The molecule has 116 valence electrons. The maximum Gasteiger partial charge on any atom is 0.329 e. The maximum absolute atomic E-state index is 11.7. The number of tetrazole rings is 1. The summed E-state index contributed by atoms with van der Waals surface area (Å²) < 4.78 is 1.38. The Hall–Kier alpha value is -3.02. The first-order chi connectivity index (χ1) is 11.1. The lowest BCUT2D eigenvalue weighted by Gasteiger charge is -2.14. The van der Waals surface area contributed by atoms with E-state index in [-0.39, 0.29) is 0 Å². The lowest BCUT2D eigenvalue weighted by atomic mass is 10.1. The second kappa shape index (κ2) is 6.39. The molecule has 3 aromatic rings. The Labute approximate surface area is 133 Å². The van der Waals surface area contributed by atoms with Gasteiger partial charge in [-0.2, -0.15) is 0 Å². The molecule has 0 aliphatic carbocycles. The third kappa shape index (κ3) is 3.26. The van der Waals surface area contributed by atoms with Gasteiger partial charge in [-0.1, -0.05) is 54.1 Å². The van der Waals surface area contributed by atoms with Crippen LogP contribution in [0.3, 0.4) is 0 Å².